The molecule has 0 spiro atoms. The molecule has 0 bridgehead atoms. The lowest BCUT2D eigenvalue weighted by Crippen LogP contribution is -2.00. The molecule has 0 aliphatic rings. The first kappa shape index (κ1) is 11.3. The van der Waals surface area contributed by atoms with Crippen molar-refractivity contribution in [2.45, 2.75) is 0 Å². The summed E-state index contributed by atoms with van der Waals surface area (Å²) in [4.78, 5) is 7.20. The third-order valence-corrected chi connectivity index (χ3v) is 2.20. The fourth-order valence-electron chi connectivity index (χ4n) is 1.25. The van der Waals surface area contributed by atoms with E-state index < -0.39 is 5.82 Å². The van der Waals surface area contributed by atoms with Crippen molar-refractivity contribution in [3.63, 3.8) is 0 Å². The molecule has 0 radical (unpaired) electrons. The number of rotatable bonds is 2. The monoisotopic (exact) mass is 248 g/mol. The lowest BCUT2D eigenvalue weighted by Gasteiger charge is -2.07. The Hall–Kier alpha value is -2.19. The number of anilines is 2. The minimum atomic E-state index is -0.637. The Morgan fingerprint density at radius 1 is 1.35 bits per heavy atom. The van der Waals surface area contributed by atoms with E-state index in [-0.39, 0.29) is 11.1 Å². The molecule has 0 aliphatic heterocycles. The lowest BCUT2D eigenvalue weighted by atomic mass is 10.2. The zero-order valence-corrected chi connectivity index (χ0v) is 9.24. The maximum atomic E-state index is 13.4. The molecule has 0 atom stereocenters. The molecule has 84 valence electrons. The molecule has 4 nitrogen and oxygen atoms in total. The van der Waals surface area contributed by atoms with Crippen LogP contribution in [-0.2, 0) is 0 Å². The van der Waals surface area contributed by atoms with Crippen LogP contribution in [0.1, 0.15) is 5.56 Å². The Kier molecular flexibility index (Phi) is 3.17. The van der Waals surface area contributed by atoms with Gasteiger partial charge in [0.15, 0.2) is 11.6 Å². The number of halogens is 2. The van der Waals surface area contributed by atoms with E-state index in [0.29, 0.717) is 11.3 Å². The summed E-state index contributed by atoms with van der Waals surface area (Å²) in [6.45, 7) is 0. The van der Waals surface area contributed by atoms with Crippen molar-refractivity contribution in [1.29, 1.82) is 5.26 Å². The van der Waals surface area contributed by atoms with Gasteiger partial charge in [0.05, 0.1) is 17.4 Å². The molecule has 17 heavy (non-hydrogen) atoms. The molecule has 2 rings (SSSR count). The van der Waals surface area contributed by atoms with Gasteiger partial charge in [-0.05, 0) is 23.7 Å². The molecule has 0 saturated carbocycles. The molecule has 0 saturated heterocycles. The van der Waals surface area contributed by atoms with Gasteiger partial charge in [0.25, 0.3) is 0 Å². The Morgan fingerprint density at radius 2 is 2.12 bits per heavy atom. The van der Waals surface area contributed by atoms with Gasteiger partial charge in [0.2, 0.25) is 5.28 Å². The number of nitrogens with zero attached hydrogens (tertiary/aromatic N) is 3. The van der Waals surface area contributed by atoms with Crippen LogP contribution in [0.25, 0.3) is 0 Å². The zero-order valence-electron chi connectivity index (χ0n) is 8.48. The van der Waals surface area contributed by atoms with Crippen LogP contribution in [0, 0.1) is 17.1 Å². The number of nitrogens with one attached hydrogen (secondary N) is 1. The summed E-state index contributed by atoms with van der Waals surface area (Å²) in [5.41, 5.74) is 0.852. The number of aromatic nitrogens is 2. The van der Waals surface area contributed by atoms with Crippen LogP contribution >= 0.6 is 11.6 Å². The molecule has 1 heterocycles. The smallest absolute Gasteiger partial charge is 0.224 e. The number of para-hydroxylation sites is 1. The van der Waals surface area contributed by atoms with Gasteiger partial charge in [-0.15, -0.1) is 0 Å². The van der Waals surface area contributed by atoms with Crippen molar-refractivity contribution >= 4 is 23.1 Å². The molecule has 6 heteroatoms. The molecule has 0 fully saturated rings. The van der Waals surface area contributed by atoms with Crippen molar-refractivity contribution in [1.82, 2.24) is 9.97 Å². The maximum Gasteiger partial charge on any atom is 0.224 e. The second-order valence-electron chi connectivity index (χ2n) is 3.12. The standard InChI is InChI=1S/C11H6ClFN4/c12-11-15-6-8(13)10(17-11)16-9-4-2-1-3-7(9)5-14/h1-4,6H,(H,15,16,17). The highest BCUT2D eigenvalue weighted by molar-refractivity contribution is 6.28. The Balaban J connectivity index is 2.38. The predicted molar refractivity (Wildman–Crippen MR) is 61.4 cm³/mol. The predicted octanol–water partition coefficient (Wildman–Crippen LogP) is 2.88. The molecule has 0 aliphatic carbocycles. The normalized spacial score (nSPS) is 9.71. The number of nitriles is 1. The second-order valence-corrected chi connectivity index (χ2v) is 3.46. The van der Waals surface area contributed by atoms with Gasteiger partial charge in [0, 0.05) is 0 Å². The first-order valence-electron chi connectivity index (χ1n) is 4.65. The third kappa shape index (κ3) is 2.49. The summed E-state index contributed by atoms with van der Waals surface area (Å²) in [5.74, 6) is -0.699. The van der Waals surface area contributed by atoms with E-state index in [2.05, 4.69) is 15.3 Å². The van der Waals surface area contributed by atoms with Gasteiger partial charge in [-0.2, -0.15) is 10.2 Å². The Labute approximate surface area is 102 Å². The van der Waals surface area contributed by atoms with Gasteiger partial charge in [0.1, 0.15) is 6.07 Å². The minimum absolute atomic E-state index is 0.0623. The fraction of sp³-hybridized carbons (Fsp3) is 0. The Morgan fingerprint density at radius 3 is 2.88 bits per heavy atom. The van der Waals surface area contributed by atoms with Gasteiger partial charge in [-0.1, -0.05) is 12.1 Å². The van der Waals surface area contributed by atoms with Crippen molar-refractivity contribution in [2.24, 2.45) is 0 Å². The van der Waals surface area contributed by atoms with Gasteiger partial charge < -0.3 is 5.32 Å². The van der Waals surface area contributed by atoms with Crippen LogP contribution < -0.4 is 5.32 Å². The molecule has 0 amide bonds. The topological polar surface area (TPSA) is 61.6 Å². The van der Waals surface area contributed by atoms with Gasteiger partial charge in [-0.3, -0.25) is 0 Å². The third-order valence-electron chi connectivity index (χ3n) is 2.02. The van der Waals surface area contributed by atoms with Crippen LogP contribution in [0.5, 0.6) is 0 Å². The summed E-state index contributed by atoms with van der Waals surface area (Å²) in [7, 11) is 0. The number of benzene rings is 1. The van der Waals surface area contributed by atoms with Crippen molar-refractivity contribution < 1.29 is 4.39 Å². The summed E-state index contributed by atoms with van der Waals surface area (Å²) in [5, 5.41) is 11.5. The highest BCUT2D eigenvalue weighted by Crippen LogP contribution is 2.21. The average Bonchev–Trinajstić information content (AvgIpc) is 2.34. The largest absolute Gasteiger partial charge is 0.337 e. The van der Waals surface area contributed by atoms with E-state index in [4.69, 9.17) is 16.9 Å². The van der Waals surface area contributed by atoms with Crippen LogP contribution in [0.3, 0.4) is 0 Å². The molecular weight excluding hydrogens is 243 g/mol. The van der Waals surface area contributed by atoms with Crippen LogP contribution in [0.2, 0.25) is 5.28 Å². The summed E-state index contributed by atoms with van der Waals surface area (Å²) >= 11 is 5.56. The first-order chi connectivity index (χ1) is 8.20. The van der Waals surface area contributed by atoms with Crippen molar-refractivity contribution in [3.8, 4) is 6.07 Å². The van der Waals surface area contributed by atoms with E-state index >= 15 is 0 Å². The number of hydrogen-bond donors (Lipinski definition) is 1. The summed E-state index contributed by atoms with van der Waals surface area (Å²) in [6.07, 6.45) is 0.965. The lowest BCUT2D eigenvalue weighted by molar-refractivity contribution is 0.619. The van der Waals surface area contributed by atoms with E-state index in [0.717, 1.165) is 6.20 Å². The van der Waals surface area contributed by atoms with E-state index in [1.54, 1.807) is 24.3 Å². The number of hydrogen-bond acceptors (Lipinski definition) is 4. The first-order valence-corrected chi connectivity index (χ1v) is 5.02. The highest BCUT2D eigenvalue weighted by Gasteiger charge is 2.08. The zero-order chi connectivity index (χ0) is 12.3. The molecule has 0 unspecified atom stereocenters. The summed E-state index contributed by atoms with van der Waals surface area (Å²) in [6, 6.07) is 8.69. The minimum Gasteiger partial charge on any atom is -0.337 e. The average molecular weight is 249 g/mol. The van der Waals surface area contributed by atoms with Gasteiger partial charge in [-0.25, -0.2) is 9.37 Å². The van der Waals surface area contributed by atoms with Crippen LogP contribution in [0.4, 0.5) is 15.9 Å². The second kappa shape index (κ2) is 4.76. The molecule has 2 aromatic rings. The molecule has 1 N–H and O–H groups in total. The van der Waals surface area contributed by atoms with Crippen LogP contribution in [0.15, 0.2) is 30.5 Å². The quantitative estimate of drug-likeness (QED) is 0.830. The van der Waals surface area contributed by atoms with Crippen molar-refractivity contribution in [3.05, 3.63) is 47.1 Å². The molecular formula is C11H6ClFN4. The van der Waals surface area contributed by atoms with Crippen LogP contribution in [-0.4, -0.2) is 9.97 Å². The molecule has 1 aromatic heterocycles. The van der Waals surface area contributed by atoms with Crippen molar-refractivity contribution in [2.75, 3.05) is 5.32 Å². The van der Waals surface area contributed by atoms with E-state index in [1.807, 2.05) is 6.07 Å². The molecule has 1 aromatic carbocycles. The van der Waals surface area contributed by atoms with E-state index in [9.17, 15) is 4.39 Å². The summed E-state index contributed by atoms with van der Waals surface area (Å²) < 4.78 is 13.4. The fourth-order valence-corrected chi connectivity index (χ4v) is 1.38. The van der Waals surface area contributed by atoms with E-state index in [1.165, 1.54) is 0 Å². The highest BCUT2D eigenvalue weighted by atomic mass is 35.5. The maximum absolute atomic E-state index is 13.4. The Bertz CT molecular complexity index is 594. The van der Waals surface area contributed by atoms with Gasteiger partial charge >= 0.3 is 0 Å². The SMILES string of the molecule is N#Cc1ccccc1Nc1nc(Cl)ncc1F.